The minimum absolute atomic E-state index is 0.00829. The highest BCUT2D eigenvalue weighted by Crippen LogP contribution is 2.11. The first kappa shape index (κ1) is 11.3. The SMILES string of the molecule is N#CC#Cc1cc(C(=O)O)ccc1C(=O)O. The average molecular weight is 215 g/mol. The van der Waals surface area contributed by atoms with E-state index in [2.05, 4.69) is 5.92 Å². The molecule has 0 aliphatic rings. The quantitative estimate of drug-likeness (QED) is 0.716. The lowest BCUT2D eigenvalue weighted by Crippen LogP contribution is -2.03. The molecule has 0 saturated heterocycles. The molecule has 0 bridgehead atoms. The first-order valence-corrected chi connectivity index (χ1v) is 4.07. The molecule has 1 aromatic carbocycles. The number of rotatable bonds is 2. The van der Waals surface area contributed by atoms with Crippen molar-refractivity contribution in [2.75, 3.05) is 0 Å². The molecule has 0 fully saturated rings. The molecule has 0 atom stereocenters. The van der Waals surface area contributed by atoms with Gasteiger partial charge in [0.1, 0.15) is 0 Å². The molecule has 0 unspecified atom stereocenters. The van der Waals surface area contributed by atoms with Gasteiger partial charge in [0.25, 0.3) is 0 Å². The van der Waals surface area contributed by atoms with Crippen molar-refractivity contribution in [1.29, 1.82) is 5.26 Å². The predicted octanol–water partition coefficient (Wildman–Crippen LogP) is 0.958. The first-order chi connectivity index (χ1) is 7.56. The van der Waals surface area contributed by atoms with Crippen LogP contribution in [0.15, 0.2) is 18.2 Å². The maximum Gasteiger partial charge on any atom is 0.336 e. The highest BCUT2D eigenvalue weighted by molar-refractivity contribution is 5.94. The Labute approximate surface area is 90.6 Å². The number of nitrogens with zero attached hydrogens (tertiary/aromatic N) is 1. The van der Waals surface area contributed by atoms with Crippen LogP contribution in [0.5, 0.6) is 0 Å². The van der Waals surface area contributed by atoms with Crippen LogP contribution in [0.1, 0.15) is 26.3 Å². The zero-order chi connectivity index (χ0) is 12.1. The maximum absolute atomic E-state index is 10.8. The molecule has 0 amide bonds. The number of aromatic carboxylic acids is 2. The summed E-state index contributed by atoms with van der Waals surface area (Å²) >= 11 is 0. The molecular formula is C11H5NO4. The summed E-state index contributed by atoms with van der Waals surface area (Å²) in [6.07, 6.45) is 0. The summed E-state index contributed by atoms with van der Waals surface area (Å²) in [5.74, 6) is 1.90. The van der Waals surface area contributed by atoms with Crippen LogP contribution in [-0.2, 0) is 0 Å². The molecule has 5 heteroatoms. The van der Waals surface area contributed by atoms with Crippen LogP contribution in [0.2, 0.25) is 0 Å². The van der Waals surface area contributed by atoms with E-state index in [1.54, 1.807) is 0 Å². The molecule has 5 nitrogen and oxygen atoms in total. The first-order valence-electron chi connectivity index (χ1n) is 4.07. The van der Waals surface area contributed by atoms with Crippen molar-refractivity contribution < 1.29 is 19.8 Å². The second-order valence-corrected chi connectivity index (χ2v) is 2.73. The zero-order valence-electron chi connectivity index (χ0n) is 7.89. The van der Waals surface area contributed by atoms with Crippen LogP contribution in [0, 0.1) is 23.2 Å². The lowest BCUT2D eigenvalue weighted by atomic mass is 10.0. The summed E-state index contributed by atoms with van der Waals surface area (Å²) < 4.78 is 0. The van der Waals surface area contributed by atoms with Gasteiger partial charge in [-0.1, -0.05) is 0 Å². The molecule has 1 rings (SSSR count). The van der Waals surface area contributed by atoms with E-state index in [1.807, 2.05) is 5.92 Å². The standard InChI is InChI=1S/C11H5NO4/c12-5-1-2-7-6-8(10(13)14)3-4-9(7)11(15)16/h3-4,6H,(H,13,14)(H,15,16). The van der Waals surface area contributed by atoms with Crippen LogP contribution in [0.4, 0.5) is 0 Å². The average Bonchev–Trinajstić information content (AvgIpc) is 2.25. The molecule has 0 spiro atoms. The van der Waals surface area contributed by atoms with Crippen molar-refractivity contribution >= 4 is 11.9 Å². The minimum Gasteiger partial charge on any atom is -0.478 e. The second-order valence-electron chi connectivity index (χ2n) is 2.73. The van der Waals surface area contributed by atoms with Crippen molar-refractivity contribution in [3.63, 3.8) is 0 Å². The van der Waals surface area contributed by atoms with Gasteiger partial charge in [0.15, 0.2) is 6.07 Å². The summed E-state index contributed by atoms with van der Waals surface area (Å²) in [4.78, 5) is 21.4. The van der Waals surface area contributed by atoms with Crippen LogP contribution >= 0.6 is 0 Å². The molecule has 0 aromatic heterocycles. The largest absolute Gasteiger partial charge is 0.478 e. The number of carboxylic acids is 2. The van der Waals surface area contributed by atoms with Crippen molar-refractivity contribution in [2.24, 2.45) is 0 Å². The Balaban J connectivity index is 3.39. The van der Waals surface area contributed by atoms with E-state index in [9.17, 15) is 9.59 Å². The van der Waals surface area contributed by atoms with Crippen LogP contribution < -0.4 is 0 Å². The van der Waals surface area contributed by atoms with Crippen LogP contribution in [0.25, 0.3) is 0 Å². The fourth-order valence-corrected chi connectivity index (χ4v) is 1.06. The molecule has 1 aromatic rings. The number of carboxylic acid groups (broad SMARTS) is 2. The summed E-state index contributed by atoms with van der Waals surface area (Å²) in [6.45, 7) is 0. The summed E-state index contributed by atoms with van der Waals surface area (Å²) in [5.41, 5.74) is -0.200. The van der Waals surface area contributed by atoms with E-state index in [-0.39, 0.29) is 16.7 Å². The fourth-order valence-electron chi connectivity index (χ4n) is 1.06. The number of carbonyl (C=O) groups is 2. The van der Waals surface area contributed by atoms with Gasteiger partial charge < -0.3 is 10.2 Å². The van der Waals surface area contributed by atoms with Gasteiger partial charge >= 0.3 is 11.9 Å². The summed E-state index contributed by atoms with van der Waals surface area (Å²) in [7, 11) is 0. The monoisotopic (exact) mass is 215 g/mol. The van der Waals surface area contributed by atoms with E-state index in [0.717, 1.165) is 12.1 Å². The Kier molecular flexibility index (Phi) is 3.26. The number of hydrogen-bond donors (Lipinski definition) is 2. The van der Waals surface area contributed by atoms with E-state index in [4.69, 9.17) is 15.5 Å². The Morgan fingerprint density at radius 1 is 1.19 bits per heavy atom. The second kappa shape index (κ2) is 4.63. The van der Waals surface area contributed by atoms with Crippen molar-refractivity contribution in [2.45, 2.75) is 0 Å². The normalized spacial score (nSPS) is 8.44. The highest BCUT2D eigenvalue weighted by atomic mass is 16.4. The fraction of sp³-hybridized carbons (Fsp3) is 0. The Bertz CT molecular complexity index is 558. The van der Waals surface area contributed by atoms with Gasteiger partial charge in [0, 0.05) is 11.5 Å². The Morgan fingerprint density at radius 2 is 1.88 bits per heavy atom. The third-order valence-electron chi connectivity index (χ3n) is 1.75. The lowest BCUT2D eigenvalue weighted by Gasteiger charge is -2.00. The minimum atomic E-state index is -1.22. The number of nitriles is 1. The molecule has 0 saturated carbocycles. The van der Waals surface area contributed by atoms with E-state index >= 15 is 0 Å². The maximum atomic E-state index is 10.8. The van der Waals surface area contributed by atoms with Crippen molar-refractivity contribution in [3.05, 3.63) is 34.9 Å². The van der Waals surface area contributed by atoms with Crippen molar-refractivity contribution in [3.8, 4) is 17.9 Å². The lowest BCUT2D eigenvalue weighted by molar-refractivity contribution is 0.0681. The van der Waals surface area contributed by atoms with Crippen LogP contribution in [0.3, 0.4) is 0 Å². The summed E-state index contributed by atoms with van der Waals surface area (Å²) in [6, 6.07) is 4.97. The molecule has 16 heavy (non-hydrogen) atoms. The topological polar surface area (TPSA) is 98.4 Å². The van der Waals surface area contributed by atoms with Gasteiger partial charge in [0.05, 0.1) is 11.1 Å². The third kappa shape index (κ3) is 2.37. The van der Waals surface area contributed by atoms with Gasteiger partial charge in [0.2, 0.25) is 0 Å². The molecule has 78 valence electrons. The smallest absolute Gasteiger partial charge is 0.336 e. The molecular weight excluding hydrogens is 210 g/mol. The van der Waals surface area contributed by atoms with Crippen molar-refractivity contribution in [1.82, 2.24) is 0 Å². The molecule has 0 aliphatic carbocycles. The van der Waals surface area contributed by atoms with Gasteiger partial charge in [-0.15, -0.1) is 0 Å². The Hall–Kier alpha value is -2.79. The van der Waals surface area contributed by atoms with E-state index < -0.39 is 11.9 Å². The molecule has 0 heterocycles. The van der Waals surface area contributed by atoms with Gasteiger partial charge in [-0.05, 0) is 24.1 Å². The third-order valence-corrected chi connectivity index (χ3v) is 1.75. The summed E-state index contributed by atoms with van der Waals surface area (Å²) in [5, 5.41) is 25.7. The van der Waals surface area contributed by atoms with Gasteiger partial charge in [-0.2, -0.15) is 5.26 Å². The molecule has 0 radical (unpaired) electrons. The van der Waals surface area contributed by atoms with Gasteiger partial charge in [-0.3, -0.25) is 0 Å². The number of hydrogen-bond acceptors (Lipinski definition) is 3. The molecule has 2 N–H and O–H groups in total. The van der Waals surface area contributed by atoms with E-state index in [0.29, 0.717) is 0 Å². The van der Waals surface area contributed by atoms with Gasteiger partial charge in [-0.25, -0.2) is 9.59 Å². The predicted molar refractivity (Wildman–Crippen MR) is 52.9 cm³/mol. The molecule has 0 aliphatic heterocycles. The highest BCUT2D eigenvalue weighted by Gasteiger charge is 2.11. The van der Waals surface area contributed by atoms with E-state index in [1.165, 1.54) is 12.1 Å². The Morgan fingerprint density at radius 3 is 2.38 bits per heavy atom. The number of benzene rings is 1. The van der Waals surface area contributed by atoms with Crippen LogP contribution in [-0.4, -0.2) is 22.2 Å². The zero-order valence-corrected chi connectivity index (χ0v) is 7.89.